The Kier molecular flexibility index (Phi) is 6.26. The number of aromatic nitrogens is 1. The van der Waals surface area contributed by atoms with Gasteiger partial charge in [0, 0.05) is 44.6 Å². The molecule has 6 nitrogen and oxygen atoms in total. The van der Waals surface area contributed by atoms with E-state index in [1.54, 1.807) is 35.5 Å². The zero-order valence-electron chi connectivity index (χ0n) is 16.2. The summed E-state index contributed by atoms with van der Waals surface area (Å²) in [6.07, 6.45) is 6.59. The largest absolute Gasteiger partial charge is 0.337 e. The van der Waals surface area contributed by atoms with Crippen LogP contribution >= 0.6 is 0 Å². The monoisotopic (exact) mass is 399 g/mol. The van der Waals surface area contributed by atoms with E-state index in [1.165, 1.54) is 10.4 Å². The second-order valence-electron chi connectivity index (χ2n) is 7.07. The van der Waals surface area contributed by atoms with Crippen molar-refractivity contribution in [3.05, 3.63) is 66.0 Å². The second kappa shape index (κ2) is 8.67. The van der Waals surface area contributed by atoms with Crippen LogP contribution in [0.1, 0.15) is 30.9 Å². The van der Waals surface area contributed by atoms with Gasteiger partial charge in [0.05, 0.1) is 4.90 Å². The lowest BCUT2D eigenvalue weighted by molar-refractivity contribution is -0.127. The van der Waals surface area contributed by atoms with Crippen LogP contribution in [0.25, 0.3) is 6.08 Å². The minimum Gasteiger partial charge on any atom is -0.337 e. The van der Waals surface area contributed by atoms with E-state index in [0.717, 1.165) is 11.1 Å². The molecule has 7 heteroatoms. The van der Waals surface area contributed by atoms with Gasteiger partial charge in [0.15, 0.2) is 0 Å². The van der Waals surface area contributed by atoms with Crippen molar-refractivity contribution in [1.29, 1.82) is 0 Å². The van der Waals surface area contributed by atoms with E-state index in [4.69, 9.17) is 0 Å². The van der Waals surface area contributed by atoms with E-state index >= 15 is 0 Å². The summed E-state index contributed by atoms with van der Waals surface area (Å²) in [6, 6.07) is 10.7. The maximum absolute atomic E-state index is 12.9. The number of piperazine rings is 1. The molecule has 0 aliphatic carbocycles. The van der Waals surface area contributed by atoms with Gasteiger partial charge >= 0.3 is 0 Å². The molecule has 0 atom stereocenters. The fourth-order valence-electron chi connectivity index (χ4n) is 3.07. The molecule has 1 fully saturated rings. The summed E-state index contributed by atoms with van der Waals surface area (Å²) in [5.41, 5.74) is 2.00. The van der Waals surface area contributed by atoms with E-state index in [-0.39, 0.29) is 5.91 Å². The van der Waals surface area contributed by atoms with Crippen molar-refractivity contribution in [2.24, 2.45) is 0 Å². The first kappa shape index (κ1) is 20.2. The van der Waals surface area contributed by atoms with E-state index in [9.17, 15) is 13.2 Å². The van der Waals surface area contributed by atoms with E-state index in [1.807, 2.05) is 24.3 Å². The highest BCUT2D eigenvalue weighted by Gasteiger charge is 2.29. The molecule has 0 bridgehead atoms. The Morgan fingerprint density at radius 1 is 1.00 bits per heavy atom. The summed E-state index contributed by atoms with van der Waals surface area (Å²) in [4.78, 5) is 18.3. The van der Waals surface area contributed by atoms with Crippen molar-refractivity contribution in [2.45, 2.75) is 24.7 Å². The topological polar surface area (TPSA) is 70.6 Å². The van der Waals surface area contributed by atoms with Gasteiger partial charge in [0.2, 0.25) is 15.9 Å². The summed E-state index contributed by atoms with van der Waals surface area (Å²) < 4.78 is 27.2. The third-order valence-electron chi connectivity index (χ3n) is 4.86. The second-order valence-corrected chi connectivity index (χ2v) is 9.00. The number of hydrogen-bond donors (Lipinski definition) is 0. The zero-order valence-corrected chi connectivity index (χ0v) is 17.0. The number of sulfonamides is 1. The first-order chi connectivity index (χ1) is 13.4. The maximum atomic E-state index is 12.9. The average Bonchev–Trinajstić information content (AvgIpc) is 2.73. The third kappa shape index (κ3) is 4.66. The van der Waals surface area contributed by atoms with E-state index in [2.05, 4.69) is 18.8 Å². The van der Waals surface area contributed by atoms with Crippen LogP contribution in [0.3, 0.4) is 0 Å². The summed E-state index contributed by atoms with van der Waals surface area (Å²) in [5.74, 6) is 0.238. The Morgan fingerprint density at radius 3 is 2.18 bits per heavy atom. The lowest BCUT2D eigenvalue weighted by Crippen LogP contribution is -2.50. The molecule has 3 rings (SSSR count). The molecule has 1 aliphatic rings. The Labute approximate surface area is 166 Å². The standard InChI is InChI=1S/C21H25N3O3S/c1-17(2)19-4-6-20(7-5-19)28(26,27)24-15-13-23(14-16-24)21(25)8-3-18-9-11-22-12-10-18/h3-12,17H,13-16H2,1-2H3/b8-3+. The molecule has 28 heavy (non-hydrogen) atoms. The number of pyridine rings is 1. The van der Waals surface area contributed by atoms with Crippen LogP contribution in [0, 0.1) is 0 Å². The van der Waals surface area contributed by atoms with Gasteiger partial charge in [-0.3, -0.25) is 9.78 Å². The Bertz CT molecular complexity index is 931. The molecule has 148 valence electrons. The summed E-state index contributed by atoms with van der Waals surface area (Å²) in [7, 11) is -3.54. The van der Waals surface area contributed by atoms with Gasteiger partial charge in [0.1, 0.15) is 0 Å². The molecule has 0 spiro atoms. The maximum Gasteiger partial charge on any atom is 0.246 e. The molecule has 1 amide bonds. The van der Waals surface area contributed by atoms with Crippen LogP contribution in [0.2, 0.25) is 0 Å². The van der Waals surface area contributed by atoms with Gasteiger partial charge in [-0.05, 0) is 47.4 Å². The van der Waals surface area contributed by atoms with Crippen molar-refractivity contribution in [3.63, 3.8) is 0 Å². The normalized spacial score (nSPS) is 16.0. The number of benzene rings is 1. The first-order valence-corrected chi connectivity index (χ1v) is 10.8. The minimum atomic E-state index is -3.54. The molecular formula is C21H25N3O3S. The fourth-order valence-corrected chi connectivity index (χ4v) is 4.49. The van der Waals surface area contributed by atoms with Crippen LogP contribution in [-0.2, 0) is 14.8 Å². The minimum absolute atomic E-state index is 0.116. The number of carbonyl (C=O) groups excluding carboxylic acids is 1. The lowest BCUT2D eigenvalue weighted by Gasteiger charge is -2.33. The van der Waals surface area contributed by atoms with E-state index in [0.29, 0.717) is 37.0 Å². The molecular weight excluding hydrogens is 374 g/mol. The van der Waals surface area contributed by atoms with Crippen LogP contribution in [0.15, 0.2) is 59.8 Å². The predicted octanol–water partition coefficient (Wildman–Crippen LogP) is 2.75. The highest BCUT2D eigenvalue weighted by Crippen LogP contribution is 2.21. The lowest BCUT2D eigenvalue weighted by atomic mass is 10.0. The van der Waals surface area contributed by atoms with Crippen LogP contribution in [0.4, 0.5) is 0 Å². The van der Waals surface area contributed by atoms with Gasteiger partial charge < -0.3 is 4.90 Å². The first-order valence-electron chi connectivity index (χ1n) is 9.35. The van der Waals surface area contributed by atoms with Gasteiger partial charge in [0.25, 0.3) is 0 Å². The third-order valence-corrected chi connectivity index (χ3v) is 6.77. The molecule has 1 aromatic heterocycles. The van der Waals surface area contributed by atoms with Gasteiger partial charge in [-0.2, -0.15) is 4.31 Å². The van der Waals surface area contributed by atoms with Crippen molar-refractivity contribution in [2.75, 3.05) is 26.2 Å². The van der Waals surface area contributed by atoms with Crippen LogP contribution < -0.4 is 0 Å². The van der Waals surface area contributed by atoms with Crippen molar-refractivity contribution < 1.29 is 13.2 Å². The van der Waals surface area contributed by atoms with Crippen LogP contribution in [0.5, 0.6) is 0 Å². The predicted molar refractivity (Wildman–Crippen MR) is 109 cm³/mol. The molecule has 0 saturated carbocycles. The number of carbonyl (C=O) groups is 1. The highest BCUT2D eigenvalue weighted by atomic mass is 32.2. The zero-order chi connectivity index (χ0) is 20.1. The van der Waals surface area contributed by atoms with Gasteiger partial charge in [-0.1, -0.05) is 26.0 Å². The van der Waals surface area contributed by atoms with Crippen molar-refractivity contribution in [3.8, 4) is 0 Å². The molecule has 0 radical (unpaired) electrons. The summed E-state index contributed by atoms with van der Waals surface area (Å²) in [6.45, 7) is 5.49. The van der Waals surface area contributed by atoms with Crippen LogP contribution in [-0.4, -0.2) is 54.7 Å². The molecule has 2 aromatic rings. The highest BCUT2D eigenvalue weighted by molar-refractivity contribution is 7.89. The number of nitrogens with zero attached hydrogens (tertiary/aromatic N) is 3. The summed E-state index contributed by atoms with van der Waals surface area (Å²) >= 11 is 0. The van der Waals surface area contributed by atoms with Gasteiger partial charge in [-0.25, -0.2) is 8.42 Å². The molecule has 1 saturated heterocycles. The molecule has 1 aromatic carbocycles. The van der Waals surface area contributed by atoms with Crippen molar-refractivity contribution >= 4 is 22.0 Å². The van der Waals surface area contributed by atoms with Gasteiger partial charge in [-0.15, -0.1) is 0 Å². The number of rotatable bonds is 5. The number of amides is 1. The quantitative estimate of drug-likeness (QED) is 0.725. The molecule has 1 aliphatic heterocycles. The van der Waals surface area contributed by atoms with E-state index < -0.39 is 10.0 Å². The fraction of sp³-hybridized carbons (Fsp3) is 0.333. The Balaban J connectivity index is 1.61. The average molecular weight is 400 g/mol. The smallest absolute Gasteiger partial charge is 0.246 e. The molecule has 0 N–H and O–H groups in total. The Morgan fingerprint density at radius 2 is 1.61 bits per heavy atom. The number of hydrogen-bond acceptors (Lipinski definition) is 4. The van der Waals surface area contributed by atoms with Crippen molar-refractivity contribution in [1.82, 2.24) is 14.2 Å². The SMILES string of the molecule is CC(C)c1ccc(S(=O)(=O)N2CCN(C(=O)/C=C/c3ccncc3)CC2)cc1. The molecule has 0 unspecified atom stereocenters. The molecule has 2 heterocycles. The Hall–Kier alpha value is -2.51. The summed E-state index contributed by atoms with van der Waals surface area (Å²) in [5, 5.41) is 0.